The van der Waals surface area contributed by atoms with Crippen molar-refractivity contribution in [1.82, 2.24) is 4.90 Å². The lowest BCUT2D eigenvalue weighted by Crippen LogP contribution is -2.57. The Balaban J connectivity index is 1.61. The molecule has 3 rings (SSSR count). The van der Waals surface area contributed by atoms with Crippen molar-refractivity contribution in [3.05, 3.63) is 12.3 Å². The zero-order valence-corrected chi connectivity index (χ0v) is 11.8. The molecule has 0 radical (unpaired) electrons. The van der Waals surface area contributed by atoms with Gasteiger partial charge in [0.1, 0.15) is 11.7 Å². The Morgan fingerprint density at radius 1 is 1.37 bits per heavy atom. The Hall–Kier alpha value is -0.580. The van der Waals surface area contributed by atoms with Gasteiger partial charge >= 0.3 is 0 Å². The van der Waals surface area contributed by atoms with E-state index in [1.54, 1.807) is 0 Å². The minimum Gasteiger partial charge on any atom is -0.497 e. The first-order valence-corrected chi connectivity index (χ1v) is 7.58. The lowest BCUT2D eigenvalue weighted by molar-refractivity contribution is -0.159. The van der Waals surface area contributed by atoms with Gasteiger partial charge in [0.15, 0.2) is 0 Å². The topological polar surface area (TPSA) is 30.9 Å². The van der Waals surface area contributed by atoms with Crippen LogP contribution in [0.25, 0.3) is 0 Å². The van der Waals surface area contributed by atoms with Gasteiger partial charge in [-0.25, -0.2) is 0 Å². The van der Waals surface area contributed by atoms with Gasteiger partial charge in [0, 0.05) is 32.7 Å². The maximum absolute atomic E-state index is 6.28. The molecule has 3 aliphatic rings. The van der Waals surface area contributed by atoms with Crippen LogP contribution in [-0.4, -0.2) is 55.6 Å². The van der Waals surface area contributed by atoms with E-state index in [4.69, 9.17) is 14.2 Å². The fourth-order valence-electron chi connectivity index (χ4n) is 3.35. The lowest BCUT2D eigenvalue weighted by atomic mass is 9.98. The van der Waals surface area contributed by atoms with E-state index >= 15 is 0 Å². The smallest absolute Gasteiger partial charge is 0.111 e. The van der Waals surface area contributed by atoms with E-state index in [2.05, 4.69) is 17.9 Å². The summed E-state index contributed by atoms with van der Waals surface area (Å²) in [6, 6.07) is 0. The highest BCUT2D eigenvalue weighted by atomic mass is 16.6. The van der Waals surface area contributed by atoms with E-state index < -0.39 is 0 Å². The fraction of sp³-hybridized carbons (Fsp3) is 0.867. The van der Waals surface area contributed by atoms with Crippen LogP contribution in [0, 0.1) is 0 Å². The van der Waals surface area contributed by atoms with Crippen LogP contribution in [0.1, 0.15) is 32.6 Å². The van der Waals surface area contributed by atoms with E-state index in [1.807, 2.05) is 6.26 Å². The summed E-state index contributed by atoms with van der Waals surface area (Å²) in [5.74, 6) is 0. The van der Waals surface area contributed by atoms with Crippen LogP contribution >= 0.6 is 0 Å². The largest absolute Gasteiger partial charge is 0.497 e. The molecule has 0 saturated carbocycles. The Bertz CT molecular complexity index is 325. The third-order valence-corrected chi connectivity index (χ3v) is 4.40. The molecule has 0 aromatic heterocycles. The van der Waals surface area contributed by atoms with Crippen molar-refractivity contribution in [2.45, 2.75) is 50.4 Å². The van der Waals surface area contributed by atoms with E-state index in [-0.39, 0.29) is 5.60 Å². The zero-order chi connectivity index (χ0) is 13.1. The molecule has 3 atom stereocenters. The molecule has 108 valence electrons. The lowest BCUT2D eigenvalue weighted by Gasteiger charge is -2.44. The van der Waals surface area contributed by atoms with Gasteiger partial charge in [-0.1, -0.05) is 6.92 Å². The van der Waals surface area contributed by atoms with E-state index in [9.17, 15) is 0 Å². The number of nitrogens with zero attached hydrogens (tertiary/aromatic N) is 1. The van der Waals surface area contributed by atoms with Gasteiger partial charge < -0.3 is 14.2 Å². The van der Waals surface area contributed by atoms with Crippen molar-refractivity contribution in [2.75, 3.05) is 32.8 Å². The first kappa shape index (κ1) is 13.4. The van der Waals surface area contributed by atoms with Gasteiger partial charge in [-0.3, -0.25) is 4.90 Å². The summed E-state index contributed by atoms with van der Waals surface area (Å²) in [6.07, 6.45) is 9.04. The predicted octanol–water partition coefficient (Wildman–Crippen LogP) is 1.95. The predicted molar refractivity (Wildman–Crippen MR) is 73.0 cm³/mol. The molecule has 0 aromatic rings. The Labute approximate surface area is 115 Å². The summed E-state index contributed by atoms with van der Waals surface area (Å²) in [5.41, 5.74) is -0.0522. The van der Waals surface area contributed by atoms with Crippen LogP contribution in [0.15, 0.2) is 12.3 Å². The summed E-state index contributed by atoms with van der Waals surface area (Å²) in [7, 11) is 0. The van der Waals surface area contributed by atoms with Crippen molar-refractivity contribution in [1.29, 1.82) is 0 Å². The number of hydrogen-bond acceptors (Lipinski definition) is 4. The second-order valence-corrected chi connectivity index (χ2v) is 6.04. The highest BCUT2D eigenvalue weighted by Crippen LogP contribution is 2.31. The zero-order valence-electron chi connectivity index (χ0n) is 11.8. The Morgan fingerprint density at radius 2 is 2.32 bits per heavy atom. The molecule has 0 N–H and O–H groups in total. The Morgan fingerprint density at radius 3 is 3.00 bits per heavy atom. The maximum Gasteiger partial charge on any atom is 0.111 e. The van der Waals surface area contributed by atoms with Crippen LogP contribution in [-0.2, 0) is 14.2 Å². The number of allylic oxidation sites excluding steroid dienone is 1. The monoisotopic (exact) mass is 267 g/mol. The molecule has 4 nitrogen and oxygen atoms in total. The van der Waals surface area contributed by atoms with Crippen LogP contribution in [0.2, 0.25) is 0 Å². The molecule has 0 bridgehead atoms. The summed E-state index contributed by atoms with van der Waals surface area (Å²) >= 11 is 0. The highest BCUT2D eigenvalue weighted by Gasteiger charge is 2.43. The molecule has 2 fully saturated rings. The summed E-state index contributed by atoms with van der Waals surface area (Å²) in [4.78, 5) is 2.52. The first-order chi connectivity index (χ1) is 9.30. The number of morpholine rings is 1. The van der Waals surface area contributed by atoms with Crippen LogP contribution in [0.4, 0.5) is 0 Å². The standard InChI is InChI=1S/C15H25NO3/c1-2-13-9-16(10-14-5-3-4-7-18-14)11-15(19-13)6-8-17-12-15/h4,7,13-14H,2-3,5-6,8-12H2,1H3/t13-,14+,15-/m1/s1. The molecule has 3 heterocycles. The molecule has 0 aliphatic carbocycles. The van der Waals surface area contributed by atoms with E-state index in [0.717, 1.165) is 58.5 Å². The van der Waals surface area contributed by atoms with Crippen molar-refractivity contribution in [3.63, 3.8) is 0 Å². The van der Waals surface area contributed by atoms with E-state index in [0.29, 0.717) is 12.2 Å². The van der Waals surface area contributed by atoms with Crippen molar-refractivity contribution < 1.29 is 14.2 Å². The molecule has 0 amide bonds. The normalized spacial score (nSPS) is 39.6. The SMILES string of the molecule is CC[C@@H]1CN(C[C@@H]2CCC=CO2)C[C@@]2(CCOC2)O1. The maximum atomic E-state index is 6.28. The minimum absolute atomic E-state index is 0.0522. The van der Waals surface area contributed by atoms with Crippen molar-refractivity contribution in [2.24, 2.45) is 0 Å². The van der Waals surface area contributed by atoms with Crippen molar-refractivity contribution in [3.8, 4) is 0 Å². The molecule has 3 aliphatic heterocycles. The molecule has 4 heteroatoms. The molecule has 19 heavy (non-hydrogen) atoms. The molecular weight excluding hydrogens is 242 g/mol. The average Bonchev–Trinajstić information content (AvgIpc) is 2.87. The summed E-state index contributed by atoms with van der Waals surface area (Å²) in [6.45, 7) is 6.84. The fourth-order valence-corrected chi connectivity index (χ4v) is 3.35. The van der Waals surface area contributed by atoms with Gasteiger partial charge in [0.25, 0.3) is 0 Å². The summed E-state index contributed by atoms with van der Waals surface area (Å²) < 4.78 is 17.6. The molecular formula is C15H25NO3. The first-order valence-electron chi connectivity index (χ1n) is 7.58. The van der Waals surface area contributed by atoms with Gasteiger partial charge in [-0.05, 0) is 25.3 Å². The average molecular weight is 267 g/mol. The van der Waals surface area contributed by atoms with E-state index in [1.165, 1.54) is 0 Å². The second-order valence-electron chi connectivity index (χ2n) is 6.04. The summed E-state index contributed by atoms with van der Waals surface area (Å²) in [5, 5.41) is 0. The Kier molecular flexibility index (Phi) is 4.10. The minimum atomic E-state index is -0.0522. The van der Waals surface area contributed by atoms with Crippen LogP contribution < -0.4 is 0 Å². The number of ether oxygens (including phenoxy) is 3. The van der Waals surface area contributed by atoms with Gasteiger partial charge in [0.05, 0.1) is 19.0 Å². The van der Waals surface area contributed by atoms with Gasteiger partial charge in [0.2, 0.25) is 0 Å². The number of hydrogen-bond donors (Lipinski definition) is 0. The third kappa shape index (κ3) is 3.12. The quantitative estimate of drug-likeness (QED) is 0.782. The molecule has 0 unspecified atom stereocenters. The molecule has 1 spiro atoms. The third-order valence-electron chi connectivity index (χ3n) is 4.40. The van der Waals surface area contributed by atoms with Crippen LogP contribution in [0.5, 0.6) is 0 Å². The second kappa shape index (κ2) is 5.81. The van der Waals surface area contributed by atoms with Gasteiger partial charge in [-0.15, -0.1) is 0 Å². The number of rotatable bonds is 3. The molecule has 2 saturated heterocycles. The highest BCUT2D eigenvalue weighted by molar-refractivity contribution is 4.95. The molecule has 0 aromatic carbocycles. The van der Waals surface area contributed by atoms with Crippen LogP contribution in [0.3, 0.4) is 0 Å². The van der Waals surface area contributed by atoms with Gasteiger partial charge in [-0.2, -0.15) is 0 Å². The van der Waals surface area contributed by atoms with Crippen molar-refractivity contribution >= 4 is 0 Å².